The summed E-state index contributed by atoms with van der Waals surface area (Å²) in [5.74, 6) is -1.50. The van der Waals surface area contributed by atoms with Crippen LogP contribution < -0.4 is 16.4 Å². The maximum absolute atomic E-state index is 11.8. The van der Waals surface area contributed by atoms with E-state index >= 15 is 0 Å². The Balaban J connectivity index is 1.99. The van der Waals surface area contributed by atoms with Crippen LogP contribution in [0.25, 0.3) is 0 Å². The predicted octanol–water partition coefficient (Wildman–Crippen LogP) is 1.99. The van der Waals surface area contributed by atoms with E-state index in [9.17, 15) is 14.4 Å². The number of carboxylic acid groups (broad SMARTS) is 1. The number of unbranched alkanes of at least 4 members (excludes halogenated alkanes) is 3. The summed E-state index contributed by atoms with van der Waals surface area (Å²) >= 11 is 0. The van der Waals surface area contributed by atoms with Crippen LogP contribution >= 0.6 is 0 Å². The average Bonchev–Trinajstić information content (AvgIpc) is 2.67. The van der Waals surface area contributed by atoms with Gasteiger partial charge in [-0.05, 0) is 51.0 Å². The first-order chi connectivity index (χ1) is 13.4. The Morgan fingerprint density at radius 3 is 2.43 bits per heavy atom. The Hall–Kier alpha value is -2.41. The highest BCUT2D eigenvalue weighted by molar-refractivity contribution is 5.86. The van der Waals surface area contributed by atoms with Crippen molar-refractivity contribution in [3.05, 3.63) is 35.9 Å². The van der Waals surface area contributed by atoms with Crippen LogP contribution in [-0.4, -0.2) is 41.5 Å². The highest BCUT2D eigenvalue weighted by atomic mass is 16.4. The van der Waals surface area contributed by atoms with Gasteiger partial charge in [-0.3, -0.25) is 14.4 Å². The van der Waals surface area contributed by atoms with Gasteiger partial charge in [-0.1, -0.05) is 36.8 Å². The predicted molar refractivity (Wildman–Crippen MR) is 109 cm³/mol. The number of amides is 2. The van der Waals surface area contributed by atoms with Crippen LogP contribution in [0.2, 0.25) is 0 Å². The summed E-state index contributed by atoms with van der Waals surface area (Å²) in [5.41, 5.74) is 7.08. The SMILES string of the molecule is C[C@H](NC(=O)[C@@H](N)CCCCNC(=O)CCCCCc1ccccc1)C(=O)O. The molecule has 0 aliphatic heterocycles. The lowest BCUT2D eigenvalue weighted by Crippen LogP contribution is -2.47. The molecule has 0 spiro atoms. The molecular weight excluding hydrogens is 358 g/mol. The van der Waals surface area contributed by atoms with Gasteiger partial charge in [0.15, 0.2) is 0 Å². The van der Waals surface area contributed by atoms with E-state index in [0.717, 1.165) is 32.1 Å². The number of hydrogen-bond donors (Lipinski definition) is 4. The molecule has 0 fully saturated rings. The van der Waals surface area contributed by atoms with E-state index in [2.05, 4.69) is 22.8 Å². The van der Waals surface area contributed by atoms with Crippen molar-refractivity contribution in [1.82, 2.24) is 10.6 Å². The molecule has 0 aliphatic carbocycles. The second-order valence-corrected chi connectivity index (χ2v) is 7.07. The van der Waals surface area contributed by atoms with Gasteiger partial charge in [0, 0.05) is 13.0 Å². The van der Waals surface area contributed by atoms with Crippen molar-refractivity contribution in [2.75, 3.05) is 6.54 Å². The van der Waals surface area contributed by atoms with E-state index in [1.54, 1.807) is 0 Å². The third-order valence-electron chi connectivity index (χ3n) is 4.54. The van der Waals surface area contributed by atoms with Gasteiger partial charge in [-0.2, -0.15) is 0 Å². The average molecular weight is 392 g/mol. The number of nitrogens with two attached hydrogens (primary N) is 1. The molecule has 1 rings (SSSR count). The lowest BCUT2D eigenvalue weighted by molar-refractivity contribution is -0.141. The smallest absolute Gasteiger partial charge is 0.325 e. The molecule has 0 bridgehead atoms. The molecule has 0 saturated carbocycles. The molecule has 0 aliphatic rings. The van der Waals surface area contributed by atoms with Crippen LogP contribution in [0.5, 0.6) is 0 Å². The highest BCUT2D eigenvalue weighted by Gasteiger charge is 2.18. The molecule has 7 nitrogen and oxygen atoms in total. The first kappa shape index (κ1) is 23.6. The van der Waals surface area contributed by atoms with Crippen LogP contribution in [0.3, 0.4) is 0 Å². The molecule has 0 aromatic heterocycles. The first-order valence-corrected chi connectivity index (χ1v) is 9.99. The fraction of sp³-hybridized carbons (Fsp3) is 0.571. The first-order valence-electron chi connectivity index (χ1n) is 9.99. The van der Waals surface area contributed by atoms with E-state index in [1.165, 1.54) is 12.5 Å². The zero-order valence-electron chi connectivity index (χ0n) is 16.7. The fourth-order valence-corrected chi connectivity index (χ4v) is 2.75. The van der Waals surface area contributed by atoms with E-state index in [1.807, 2.05) is 18.2 Å². The van der Waals surface area contributed by atoms with Crippen molar-refractivity contribution in [2.24, 2.45) is 5.73 Å². The number of carboxylic acids is 1. The lowest BCUT2D eigenvalue weighted by Gasteiger charge is -2.14. The standard InChI is InChI=1S/C21H33N3O4/c1-16(21(27)28)24-20(26)18(22)13-8-9-15-23-19(25)14-7-3-6-12-17-10-4-2-5-11-17/h2,4-5,10-11,16,18H,3,6-9,12-15,22H2,1H3,(H,23,25)(H,24,26)(H,27,28)/t16-,18-/m0/s1. The van der Waals surface area contributed by atoms with Gasteiger partial charge >= 0.3 is 5.97 Å². The van der Waals surface area contributed by atoms with Crippen LogP contribution in [0.4, 0.5) is 0 Å². The Labute approximate surface area is 167 Å². The third-order valence-corrected chi connectivity index (χ3v) is 4.54. The highest BCUT2D eigenvalue weighted by Crippen LogP contribution is 2.07. The van der Waals surface area contributed by atoms with Crippen molar-refractivity contribution in [3.8, 4) is 0 Å². The Morgan fingerprint density at radius 1 is 1.04 bits per heavy atom. The minimum absolute atomic E-state index is 0.0528. The van der Waals surface area contributed by atoms with Crippen molar-refractivity contribution >= 4 is 17.8 Å². The monoisotopic (exact) mass is 391 g/mol. The van der Waals surface area contributed by atoms with Crippen LogP contribution in [0.15, 0.2) is 30.3 Å². The van der Waals surface area contributed by atoms with E-state index in [4.69, 9.17) is 10.8 Å². The number of aryl methyl sites for hydroxylation is 1. The molecule has 2 amide bonds. The summed E-state index contributed by atoms with van der Waals surface area (Å²) in [7, 11) is 0. The second kappa shape index (κ2) is 13.7. The van der Waals surface area contributed by atoms with Gasteiger partial charge < -0.3 is 21.5 Å². The number of carbonyl (C=O) groups excluding carboxylic acids is 2. The van der Waals surface area contributed by atoms with Gasteiger partial charge in [0.2, 0.25) is 11.8 Å². The van der Waals surface area contributed by atoms with Crippen LogP contribution in [-0.2, 0) is 20.8 Å². The van der Waals surface area contributed by atoms with Gasteiger partial charge in [0.05, 0.1) is 6.04 Å². The summed E-state index contributed by atoms with van der Waals surface area (Å²) in [6, 6.07) is 8.64. The molecule has 0 saturated heterocycles. The van der Waals surface area contributed by atoms with E-state index < -0.39 is 24.0 Å². The fourth-order valence-electron chi connectivity index (χ4n) is 2.75. The molecule has 0 radical (unpaired) electrons. The van der Waals surface area contributed by atoms with Gasteiger partial charge in [0.25, 0.3) is 0 Å². The summed E-state index contributed by atoms with van der Waals surface area (Å²) in [6.45, 7) is 1.95. The van der Waals surface area contributed by atoms with Gasteiger partial charge in [-0.15, -0.1) is 0 Å². The molecular formula is C21H33N3O4. The minimum atomic E-state index is -1.09. The Bertz CT molecular complexity index is 607. The van der Waals surface area contributed by atoms with Crippen LogP contribution in [0, 0.1) is 0 Å². The van der Waals surface area contributed by atoms with E-state index in [0.29, 0.717) is 25.8 Å². The number of carbonyl (C=O) groups is 3. The largest absolute Gasteiger partial charge is 0.480 e. The molecule has 0 unspecified atom stereocenters. The number of benzene rings is 1. The van der Waals surface area contributed by atoms with Crippen molar-refractivity contribution in [2.45, 2.75) is 70.4 Å². The molecule has 28 heavy (non-hydrogen) atoms. The van der Waals surface area contributed by atoms with Crippen molar-refractivity contribution < 1.29 is 19.5 Å². The van der Waals surface area contributed by atoms with E-state index in [-0.39, 0.29) is 5.91 Å². The topological polar surface area (TPSA) is 122 Å². The molecule has 156 valence electrons. The molecule has 0 heterocycles. The van der Waals surface area contributed by atoms with Crippen molar-refractivity contribution in [3.63, 3.8) is 0 Å². The zero-order chi connectivity index (χ0) is 20.8. The molecule has 2 atom stereocenters. The summed E-state index contributed by atoms with van der Waals surface area (Å²) in [6.07, 6.45) is 6.44. The number of nitrogens with one attached hydrogen (secondary N) is 2. The van der Waals surface area contributed by atoms with Crippen molar-refractivity contribution in [1.29, 1.82) is 0 Å². The molecule has 1 aromatic carbocycles. The van der Waals surface area contributed by atoms with Crippen LogP contribution in [0.1, 0.15) is 57.4 Å². The normalized spacial score (nSPS) is 12.8. The lowest BCUT2D eigenvalue weighted by atomic mass is 10.1. The number of rotatable bonds is 14. The minimum Gasteiger partial charge on any atom is -0.480 e. The zero-order valence-corrected chi connectivity index (χ0v) is 16.7. The summed E-state index contributed by atoms with van der Waals surface area (Å²) < 4.78 is 0. The molecule has 1 aromatic rings. The quantitative estimate of drug-likeness (QED) is 0.361. The van der Waals surface area contributed by atoms with Gasteiger partial charge in [0.1, 0.15) is 6.04 Å². The Kier molecular flexibility index (Phi) is 11.6. The van der Waals surface area contributed by atoms with Gasteiger partial charge in [-0.25, -0.2) is 0 Å². The second-order valence-electron chi connectivity index (χ2n) is 7.07. The maximum Gasteiger partial charge on any atom is 0.325 e. The number of hydrogen-bond acceptors (Lipinski definition) is 4. The molecule has 7 heteroatoms. The molecule has 5 N–H and O–H groups in total. The Morgan fingerprint density at radius 2 is 1.75 bits per heavy atom. The number of aliphatic carboxylic acids is 1. The summed E-state index contributed by atoms with van der Waals surface area (Å²) in [5, 5.41) is 14.0. The summed E-state index contributed by atoms with van der Waals surface area (Å²) in [4.78, 5) is 34.2. The maximum atomic E-state index is 11.8. The third kappa shape index (κ3) is 10.7.